The van der Waals surface area contributed by atoms with Crippen molar-refractivity contribution in [1.82, 2.24) is 25.2 Å². The van der Waals surface area contributed by atoms with Crippen LogP contribution in [0.15, 0.2) is 30.6 Å². The lowest BCUT2D eigenvalue weighted by molar-refractivity contribution is -0.119. The van der Waals surface area contributed by atoms with E-state index in [0.29, 0.717) is 12.6 Å². The molecular weight excluding hydrogens is 328 g/mol. The number of nitrogens with one attached hydrogen (secondary N) is 1. The molecule has 1 amide bonds. The lowest BCUT2D eigenvalue weighted by Crippen LogP contribution is -2.25. The van der Waals surface area contributed by atoms with Crippen molar-refractivity contribution in [2.24, 2.45) is 0 Å². The number of hydrogen-bond donors (Lipinski definition) is 1. The van der Waals surface area contributed by atoms with Crippen LogP contribution in [0, 0.1) is 0 Å². The maximum absolute atomic E-state index is 11.1. The van der Waals surface area contributed by atoms with Gasteiger partial charge in [0.15, 0.2) is 0 Å². The summed E-state index contributed by atoms with van der Waals surface area (Å²) in [6.45, 7) is 3.84. The van der Waals surface area contributed by atoms with E-state index in [1.165, 1.54) is 6.92 Å². The van der Waals surface area contributed by atoms with E-state index < -0.39 is 0 Å². The molecular formula is C19H26N6O. The Hall–Kier alpha value is -2.54. The summed E-state index contributed by atoms with van der Waals surface area (Å²) < 4.78 is 0. The molecule has 2 aromatic rings. The number of hydrogen-bond acceptors (Lipinski definition) is 6. The first-order valence-corrected chi connectivity index (χ1v) is 8.95. The van der Waals surface area contributed by atoms with E-state index in [1.54, 1.807) is 0 Å². The number of aromatic nitrogens is 3. The summed E-state index contributed by atoms with van der Waals surface area (Å²) in [5, 5.41) is 2.81. The van der Waals surface area contributed by atoms with Crippen LogP contribution in [0.4, 0.5) is 5.95 Å². The second-order valence-electron chi connectivity index (χ2n) is 6.88. The monoisotopic (exact) mass is 354 g/mol. The molecule has 1 aliphatic heterocycles. The minimum Gasteiger partial charge on any atom is -0.351 e. The first-order chi connectivity index (χ1) is 12.5. The maximum atomic E-state index is 11.1. The molecule has 1 N–H and O–H groups in total. The van der Waals surface area contributed by atoms with E-state index in [9.17, 15) is 4.79 Å². The molecule has 7 nitrogen and oxygen atoms in total. The third kappa shape index (κ3) is 4.54. The zero-order chi connectivity index (χ0) is 18.5. The van der Waals surface area contributed by atoms with Gasteiger partial charge in [0.1, 0.15) is 0 Å². The van der Waals surface area contributed by atoms with Crippen LogP contribution in [-0.2, 0) is 17.9 Å². The molecule has 138 valence electrons. The van der Waals surface area contributed by atoms with Crippen LogP contribution in [-0.4, -0.2) is 46.4 Å². The van der Waals surface area contributed by atoms with Gasteiger partial charge in [-0.15, -0.1) is 0 Å². The van der Waals surface area contributed by atoms with Crippen molar-refractivity contribution in [3.05, 3.63) is 47.5 Å². The summed E-state index contributed by atoms with van der Waals surface area (Å²) in [5.41, 5.74) is 3.07. The lowest BCUT2D eigenvalue weighted by atomic mass is 10.1. The largest absolute Gasteiger partial charge is 0.351 e. The molecule has 0 radical (unpaired) electrons. The number of carbonyl (C=O) groups excluding carboxylic acids is 1. The second kappa shape index (κ2) is 8.23. The lowest BCUT2D eigenvalue weighted by Gasteiger charge is -2.24. The number of carbonyl (C=O) groups is 1. The first kappa shape index (κ1) is 18.3. The number of nitrogens with zero attached hydrogens (tertiary/aromatic N) is 5. The van der Waals surface area contributed by atoms with Crippen molar-refractivity contribution in [2.75, 3.05) is 25.5 Å². The van der Waals surface area contributed by atoms with Gasteiger partial charge >= 0.3 is 0 Å². The molecule has 1 atom stereocenters. The molecule has 0 saturated carbocycles. The van der Waals surface area contributed by atoms with E-state index in [0.717, 1.165) is 48.8 Å². The average Bonchev–Trinajstić information content (AvgIpc) is 3.09. The van der Waals surface area contributed by atoms with Gasteiger partial charge in [0.05, 0.1) is 24.0 Å². The van der Waals surface area contributed by atoms with Gasteiger partial charge in [-0.2, -0.15) is 0 Å². The minimum atomic E-state index is -0.0409. The molecule has 1 saturated heterocycles. The molecule has 2 aromatic heterocycles. The van der Waals surface area contributed by atoms with Crippen molar-refractivity contribution < 1.29 is 4.79 Å². The zero-order valence-corrected chi connectivity index (χ0v) is 15.6. The predicted octanol–water partition coefficient (Wildman–Crippen LogP) is 1.91. The van der Waals surface area contributed by atoms with Gasteiger partial charge in [-0.1, -0.05) is 6.07 Å². The van der Waals surface area contributed by atoms with Gasteiger partial charge < -0.3 is 10.2 Å². The van der Waals surface area contributed by atoms with Crippen LogP contribution >= 0.6 is 0 Å². The highest BCUT2D eigenvalue weighted by Crippen LogP contribution is 2.32. The van der Waals surface area contributed by atoms with E-state index in [-0.39, 0.29) is 5.91 Å². The minimum absolute atomic E-state index is 0.0409. The Balaban J connectivity index is 1.69. The smallest absolute Gasteiger partial charge is 0.224 e. The molecule has 0 aliphatic carbocycles. The summed E-state index contributed by atoms with van der Waals surface area (Å²) in [5.74, 6) is 0.680. The van der Waals surface area contributed by atoms with Crippen LogP contribution in [0.3, 0.4) is 0 Å². The van der Waals surface area contributed by atoms with Crippen LogP contribution < -0.4 is 10.2 Å². The Morgan fingerprint density at radius 1 is 1.31 bits per heavy atom. The SMILES string of the molecule is CC(=O)NCc1cccc(C2CCCN2Cc2cnc(N(C)C)nc2)n1. The molecule has 26 heavy (non-hydrogen) atoms. The molecule has 3 heterocycles. The zero-order valence-electron chi connectivity index (χ0n) is 15.6. The first-order valence-electron chi connectivity index (χ1n) is 8.95. The fourth-order valence-electron chi connectivity index (χ4n) is 3.24. The number of rotatable bonds is 6. The van der Waals surface area contributed by atoms with E-state index >= 15 is 0 Å². The van der Waals surface area contributed by atoms with Gasteiger partial charge in [0.2, 0.25) is 11.9 Å². The summed E-state index contributed by atoms with van der Waals surface area (Å²) in [6.07, 6.45) is 6.04. The molecule has 1 aliphatic rings. The van der Waals surface area contributed by atoms with Crippen LogP contribution in [0.5, 0.6) is 0 Å². The summed E-state index contributed by atoms with van der Waals surface area (Å²) in [7, 11) is 3.87. The van der Waals surface area contributed by atoms with Crippen molar-refractivity contribution in [2.45, 2.75) is 38.9 Å². The highest BCUT2D eigenvalue weighted by atomic mass is 16.1. The van der Waals surface area contributed by atoms with E-state index in [4.69, 9.17) is 4.98 Å². The van der Waals surface area contributed by atoms with Gasteiger partial charge in [-0.25, -0.2) is 9.97 Å². The highest BCUT2D eigenvalue weighted by molar-refractivity contribution is 5.72. The third-order valence-electron chi connectivity index (χ3n) is 4.53. The highest BCUT2D eigenvalue weighted by Gasteiger charge is 2.27. The van der Waals surface area contributed by atoms with Gasteiger partial charge in [0.25, 0.3) is 0 Å². The van der Waals surface area contributed by atoms with Crippen LogP contribution in [0.25, 0.3) is 0 Å². The van der Waals surface area contributed by atoms with Crippen molar-refractivity contribution in [1.29, 1.82) is 0 Å². The molecule has 1 unspecified atom stereocenters. The molecule has 0 spiro atoms. The number of anilines is 1. The van der Waals surface area contributed by atoms with Gasteiger partial charge in [-0.3, -0.25) is 14.7 Å². The van der Waals surface area contributed by atoms with Crippen LogP contribution in [0.2, 0.25) is 0 Å². The Labute approximate surface area is 154 Å². The fraction of sp³-hybridized carbons (Fsp3) is 0.474. The number of pyridine rings is 1. The normalized spacial score (nSPS) is 17.3. The van der Waals surface area contributed by atoms with Gasteiger partial charge in [-0.05, 0) is 31.5 Å². The second-order valence-corrected chi connectivity index (χ2v) is 6.88. The quantitative estimate of drug-likeness (QED) is 0.854. The third-order valence-corrected chi connectivity index (χ3v) is 4.53. The van der Waals surface area contributed by atoms with E-state index in [2.05, 4.69) is 26.3 Å². The van der Waals surface area contributed by atoms with Crippen molar-refractivity contribution in [3.63, 3.8) is 0 Å². The molecule has 3 rings (SSSR count). The topological polar surface area (TPSA) is 74.2 Å². The molecule has 7 heteroatoms. The maximum Gasteiger partial charge on any atom is 0.224 e. The predicted molar refractivity (Wildman–Crippen MR) is 101 cm³/mol. The van der Waals surface area contributed by atoms with Crippen molar-refractivity contribution >= 4 is 11.9 Å². The summed E-state index contributed by atoms with van der Waals surface area (Å²) in [6, 6.07) is 6.34. The number of likely N-dealkylation sites (tertiary alicyclic amines) is 1. The Morgan fingerprint density at radius 3 is 2.77 bits per heavy atom. The van der Waals surface area contributed by atoms with Crippen LogP contribution in [0.1, 0.15) is 42.8 Å². The van der Waals surface area contributed by atoms with Gasteiger partial charge in [0, 0.05) is 45.5 Å². The molecule has 0 bridgehead atoms. The standard InChI is InChI=1S/C19H26N6O/c1-14(26)20-12-16-6-4-7-17(23-16)18-8-5-9-25(18)13-15-10-21-19(22-11-15)24(2)3/h4,6-7,10-11,18H,5,8-9,12-13H2,1-3H3,(H,20,26). The number of amides is 1. The average molecular weight is 354 g/mol. The summed E-state index contributed by atoms with van der Waals surface area (Å²) in [4.78, 5) is 29.0. The summed E-state index contributed by atoms with van der Waals surface area (Å²) >= 11 is 0. The van der Waals surface area contributed by atoms with Crippen molar-refractivity contribution in [3.8, 4) is 0 Å². The fourth-order valence-corrected chi connectivity index (χ4v) is 3.24. The Bertz CT molecular complexity index is 746. The van der Waals surface area contributed by atoms with E-state index in [1.807, 2.05) is 43.5 Å². The molecule has 0 aromatic carbocycles. The Morgan fingerprint density at radius 2 is 2.08 bits per heavy atom. The Kier molecular flexibility index (Phi) is 5.78. The molecule has 1 fully saturated rings.